The van der Waals surface area contributed by atoms with Crippen molar-refractivity contribution < 1.29 is 14.3 Å². The van der Waals surface area contributed by atoms with Crippen molar-refractivity contribution in [2.75, 3.05) is 18.2 Å². The normalized spacial score (nSPS) is 10.7. The molecule has 8 heteroatoms. The Balaban J connectivity index is 1.67. The van der Waals surface area contributed by atoms with E-state index in [1.54, 1.807) is 13.2 Å². The second kappa shape index (κ2) is 11.0. The number of benzene rings is 2. The highest BCUT2D eigenvalue weighted by molar-refractivity contribution is 7.99. The Bertz CT molecular complexity index is 1130. The Morgan fingerprint density at radius 1 is 1.09 bits per heavy atom. The zero-order valence-corrected chi connectivity index (χ0v) is 20.6. The highest BCUT2D eigenvalue weighted by Gasteiger charge is 2.16. The number of amides is 1. The molecule has 174 valence electrons. The molecule has 1 heterocycles. The Morgan fingerprint density at radius 3 is 2.48 bits per heavy atom. The molecule has 0 bridgehead atoms. The van der Waals surface area contributed by atoms with Crippen molar-refractivity contribution >= 4 is 23.4 Å². The molecule has 3 aromatic rings. The highest BCUT2D eigenvalue weighted by Crippen LogP contribution is 2.29. The van der Waals surface area contributed by atoms with Gasteiger partial charge < -0.3 is 14.8 Å². The number of hydrogen-bond acceptors (Lipinski definition) is 6. The minimum absolute atomic E-state index is 0.0922. The van der Waals surface area contributed by atoms with Gasteiger partial charge >= 0.3 is 0 Å². The maximum Gasteiger partial charge on any atom is 0.234 e. The number of hydrogen-bond donors (Lipinski definition) is 1. The van der Waals surface area contributed by atoms with Crippen molar-refractivity contribution in [3.8, 4) is 11.5 Å². The van der Waals surface area contributed by atoms with Crippen molar-refractivity contribution in [2.24, 2.45) is 0 Å². The molecule has 1 amide bonds. The molecule has 0 saturated heterocycles. The first kappa shape index (κ1) is 24.4. The molecule has 0 saturated carbocycles. The van der Waals surface area contributed by atoms with E-state index < -0.39 is 0 Å². The summed E-state index contributed by atoms with van der Waals surface area (Å²) in [6.07, 6.45) is 1.77. The van der Waals surface area contributed by atoms with Gasteiger partial charge in [0.1, 0.15) is 6.61 Å². The minimum atomic E-state index is -0.0922. The number of carbonyl (C=O) groups is 1. The summed E-state index contributed by atoms with van der Waals surface area (Å²) in [7, 11) is 1.61. The number of rotatable bonds is 10. The van der Waals surface area contributed by atoms with Crippen LogP contribution in [0.25, 0.3) is 0 Å². The van der Waals surface area contributed by atoms with Gasteiger partial charge in [-0.2, -0.15) is 0 Å². The van der Waals surface area contributed by atoms with Crippen LogP contribution in [0.15, 0.2) is 48.1 Å². The minimum Gasteiger partial charge on any atom is -0.493 e. The number of methoxy groups -OCH3 is 1. The fourth-order valence-electron chi connectivity index (χ4n) is 3.56. The monoisotopic (exact) mass is 466 g/mol. The Kier molecular flexibility index (Phi) is 8.16. The lowest BCUT2D eigenvalue weighted by atomic mass is 10.1. The molecule has 2 aromatic carbocycles. The molecule has 0 aliphatic heterocycles. The molecule has 1 N–H and O–H groups in total. The standard InChI is InChI=1S/C25H30N4O3S/c1-7-10-29-22(14-32-20-9-8-16(2)13-21(20)31-6)27-28-25(29)33-15-23(30)26-24-18(4)11-17(3)12-19(24)5/h7-9,11-13H,1,10,14-15H2,2-6H3,(H,26,30). The third-order valence-corrected chi connectivity index (χ3v) is 6.02. The molecule has 0 radical (unpaired) electrons. The van der Waals surface area contributed by atoms with Gasteiger partial charge in [-0.25, -0.2) is 0 Å². The van der Waals surface area contributed by atoms with Gasteiger partial charge in [-0.05, 0) is 56.5 Å². The van der Waals surface area contributed by atoms with Crippen LogP contribution >= 0.6 is 11.8 Å². The quantitative estimate of drug-likeness (QED) is 0.334. The SMILES string of the molecule is C=CCn1c(COc2ccc(C)cc2OC)nnc1SCC(=O)Nc1c(C)cc(C)cc1C. The smallest absolute Gasteiger partial charge is 0.234 e. The number of anilines is 1. The molecule has 33 heavy (non-hydrogen) atoms. The number of nitrogens with one attached hydrogen (secondary N) is 1. The number of aromatic nitrogens is 3. The summed E-state index contributed by atoms with van der Waals surface area (Å²) in [5.74, 6) is 2.07. The largest absolute Gasteiger partial charge is 0.493 e. The maximum atomic E-state index is 12.6. The number of ether oxygens (including phenoxy) is 2. The van der Waals surface area contributed by atoms with Crippen LogP contribution in [-0.4, -0.2) is 33.5 Å². The van der Waals surface area contributed by atoms with E-state index >= 15 is 0 Å². The molecule has 7 nitrogen and oxygen atoms in total. The average molecular weight is 467 g/mol. The Morgan fingerprint density at radius 2 is 1.82 bits per heavy atom. The van der Waals surface area contributed by atoms with E-state index in [1.807, 2.05) is 50.5 Å². The zero-order valence-electron chi connectivity index (χ0n) is 19.8. The summed E-state index contributed by atoms with van der Waals surface area (Å²) in [4.78, 5) is 12.6. The van der Waals surface area contributed by atoms with Crippen LogP contribution in [0.5, 0.6) is 11.5 Å². The van der Waals surface area contributed by atoms with Crippen molar-refractivity contribution in [1.29, 1.82) is 0 Å². The Labute approximate surface area is 199 Å². The predicted octanol–water partition coefficient (Wildman–Crippen LogP) is 5.02. The second-order valence-corrected chi connectivity index (χ2v) is 8.79. The van der Waals surface area contributed by atoms with Crippen LogP contribution in [0.2, 0.25) is 0 Å². The van der Waals surface area contributed by atoms with Gasteiger partial charge in [-0.3, -0.25) is 9.36 Å². The summed E-state index contributed by atoms with van der Waals surface area (Å²) in [6.45, 7) is 12.6. The van der Waals surface area contributed by atoms with Gasteiger partial charge in [0.2, 0.25) is 5.91 Å². The molecule has 0 aliphatic carbocycles. The van der Waals surface area contributed by atoms with Crippen molar-refractivity contribution in [3.63, 3.8) is 0 Å². The van der Waals surface area contributed by atoms with Gasteiger partial charge in [0.25, 0.3) is 0 Å². The molecule has 3 rings (SSSR count). The van der Waals surface area contributed by atoms with Crippen molar-refractivity contribution in [2.45, 2.75) is 46.0 Å². The van der Waals surface area contributed by atoms with Gasteiger partial charge in [-0.15, -0.1) is 16.8 Å². The van der Waals surface area contributed by atoms with E-state index in [9.17, 15) is 4.79 Å². The molecule has 0 atom stereocenters. The summed E-state index contributed by atoms with van der Waals surface area (Å²) in [5, 5.41) is 12.2. The van der Waals surface area contributed by atoms with E-state index in [0.29, 0.717) is 29.0 Å². The van der Waals surface area contributed by atoms with E-state index in [0.717, 1.165) is 22.4 Å². The van der Waals surface area contributed by atoms with Crippen LogP contribution in [0, 0.1) is 27.7 Å². The fourth-order valence-corrected chi connectivity index (χ4v) is 4.33. The highest BCUT2D eigenvalue weighted by atomic mass is 32.2. The third-order valence-electron chi connectivity index (χ3n) is 5.05. The van der Waals surface area contributed by atoms with Crippen LogP contribution in [0.4, 0.5) is 5.69 Å². The van der Waals surface area contributed by atoms with Crippen LogP contribution < -0.4 is 14.8 Å². The maximum absolute atomic E-state index is 12.6. The topological polar surface area (TPSA) is 78.3 Å². The lowest BCUT2D eigenvalue weighted by molar-refractivity contribution is -0.113. The molecular weight excluding hydrogens is 436 g/mol. The van der Waals surface area contributed by atoms with E-state index in [1.165, 1.54) is 17.3 Å². The predicted molar refractivity (Wildman–Crippen MR) is 132 cm³/mol. The first-order chi connectivity index (χ1) is 15.8. The van der Waals surface area contributed by atoms with E-state index in [2.05, 4.69) is 34.2 Å². The number of nitrogens with zero attached hydrogens (tertiary/aromatic N) is 3. The summed E-state index contributed by atoms with van der Waals surface area (Å²) in [6, 6.07) is 9.87. The van der Waals surface area contributed by atoms with Crippen molar-refractivity contribution in [3.05, 3.63) is 71.1 Å². The third kappa shape index (κ3) is 6.16. The van der Waals surface area contributed by atoms with E-state index in [4.69, 9.17) is 9.47 Å². The van der Waals surface area contributed by atoms with Crippen LogP contribution in [-0.2, 0) is 17.9 Å². The van der Waals surface area contributed by atoms with Gasteiger partial charge in [0, 0.05) is 12.2 Å². The molecule has 0 fully saturated rings. The number of aryl methyl sites for hydroxylation is 4. The average Bonchev–Trinajstić information content (AvgIpc) is 3.15. The lowest BCUT2D eigenvalue weighted by Gasteiger charge is -2.13. The van der Waals surface area contributed by atoms with Gasteiger partial charge in [-0.1, -0.05) is 41.6 Å². The molecule has 1 aromatic heterocycles. The van der Waals surface area contributed by atoms with Crippen molar-refractivity contribution in [1.82, 2.24) is 14.8 Å². The second-order valence-electron chi connectivity index (χ2n) is 7.85. The molecule has 0 spiro atoms. The zero-order chi connectivity index (χ0) is 24.0. The molecule has 0 aliphatic rings. The van der Waals surface area contributed by atoms with Crippen LogP contribution in [0.1, 0.15) is 28.1 Å². The van der Waals surface area contributed by atoms with Crippen LogP contribution in [0.3, 0.4) is 0 Å². The van der Waals surface area contributed by atoms with Gasteiger partial charge in [0.15, 0.2) is 22.5 Å². The van der Waals surface area contributed by atoms with E-state index in [-0.39, 0.29) is 18.3 Å². The summed E-state index contributed by atoms with van der Waals surface area (Å²) < 4.78 is 13.2. The summed E-state index contributed by atoms with van der Waals surface area (Å²) in [5.41, 5.74) is 5.22. The number of allylic oxidation sites excluding steroid dienone is 1. The Hall–Kier alpha value is -3.26. The first-order valence-corrected chi connectivity index (χ1v) is 11.6. The van der Waals surface area contributed by atoms with Gasteiger partial charge in [0.05, 0.1) is 12.9 Å². The summed E-state index contributed by atoms with van der Waals surface area (Å²) >= 11 is 1.33. The number of thioether (sulfide) groups is 1. The first-order valence-electron chi connectivity index (χ1n) is 10.6. The molecular formula is C25H30N4O3S. The number of carbonyl (C=O) groups excluding carboxylic acids is 1. The fraction of sp³-hybridized carbons (Fsp3) is 0.320. The lowest BCUT2D eigenvalue weighted by Crippen LogP contribution is -2.16. The molecule has 0 unspecified atom stereocenters.